The molecule has 4 rings (SSSR count). The van der Waals surface area contributed by atoms with Crippen molar-refractivity contribution in [2.24, 2.45) is 0 Å². The summed E-state index contributed by atoms with van der Waals surface area (Å²) in [6, 6.07) is 12.0. The van der Waals surface area contributed by atoms with Gasteiger partial charge < -0.3 is 20.0 Å². The quantitative estimate of drug-likeness (QED) is 0.255. The first kappa shape index (κ1) is 29.4. The largest absolute Gasteiger partial charge is 0.388 e. The highest BCUT2D eigenvalue weighted by molar-refractivity contribution is 7.12. The molecule has 11 nitrogen and oxygen atoms in total. The van der Waals surface area contributed by atoms with E-state index in [0.29, 0.717) is 47.6 Å². The number of rotatable bonds is 11. The van der Waals surface area contributed by atoms with Gasteiger partial charge >= 0.3 is 17.7 Å². The number of pyridine rings is 1. The van der Waals surface area contributed by atoms with E-state index < -0.39 is 5.63 Å². The molecule has 0 radical (unpaired) electrons. The lowest BCUT2D eigenvalue weighted by Gasteiger charge is -2.25. The van der Waals surface area contributed by atoms with Crippen molar-refractivity contribution in [1.82, 2.24) is 20.2 Å². The summed E-state index contributed by atoms with van der Waals surface area (Å²) in [5.41, 5.74) is 1.54. The molecule has 0 bridgehead atoms. The number of benzene rings is 1. The first-order chi connectivity index (χ1) is 19.8. The summed E-state index contributed by atoms with van der Waals surface area (Å²) >= 11 is 1.35. The lowest BCUT2D eigenvalue weighted by atomic mass is 10.1. The number of urea groups is 1. The van der Waals surface area contributed by atoms with Gasteiger partial charge in [-0.2, -0.15) is 4.98 Å². The number of hydrogen-bond acceptors (Lipinski definition) is 8. The van der Waals surface area contributed by atoms with Gasteiger partial charge in [0, 0.05) is 57.1 Å². The summed E-state index contributed by atoms with van der Waals surface area (Å²) in [6.07, 6.45) is 2.93. The van der Waals surface area contributed by atoms with Crippen LogP contribution in [-0.2, 0) is 11.2 Å². The van der Waals surface area contributed by atoms with Crippen molar-refractivity contribution in [3.05, 3.63) is 80.6 Å². The Bertz CT molecular complexity index is 1570. The fraction of sp³-hybridized carbons (Fsp3) is 0.310. The number of aromatic nitrogens is 2. The minimum absolute atomic E-state index is 0.0968. The van der Waals surface area contributed by atoms with Crippen LogP contribution in [0.25, 0.3) is 10.9 Å². The van der Waals surface area contributed by atoms with E-state index in [0.717, 1.165) is 5.69 Å². The smallest absolute Gasteiger partial charge is 0.348 e. The molecule has 12 heteroatoms. The molecular formula is C29H32N6O5S. The SMILES string of the molecule is CCN(C(=O)N(C)CCc1ccccn1)c1nc2ccc(NC(=O)CCCNC(=O)c3cccs3)c(C)c2c(=O)o1. The molecule has 3 aromatic heterocycles. The predicted molar refractivity (Wildman–Crippen MR) is 159 cm³/mol. The molecule has 0 fully saturated rings. The highest BCUT2D eigenvalue weighted by Crippen LogP contribution is 2.24. The van der Waals surface area contributed by atoms with Crippen LogP contribution >= 0.6 is 11.3 Å². The van der Waals surface area contributed by atoms with Crippen LogP contribution in [0.15, 0.2) is 63.3 Å². The minimum Gasteiger partial charge on any atom is -0.388 e. The van der Waals surface area contributed by atoms with E-state index in [1.54, 1.807) is 51.4 Å². The summed E-state index contributed by atoms with van der Waals surface area (Å²) in [7, 11) is 1.67. The second kappa shape index (κ2) is 13.7. The Kier molecular flexibility index (Phi) is 9.80. The van der Waals surface area contributed by atoms with E-state index in [-0.39, 0.29) is 42.2 Å². The Balaban J connectivity index is 1.39. The monoisotopic (exact) mass is 576 g/mol. The van der Waals surface area contributed by atoms with Crippen molar-refractivity contribution in [1.29, 1.82) is 0 Å². The molecule has 0 saturated heterocycles. The maximum absolute atomic E-state index is 13.2. The average Bonchev–Trinajstić information content (AvgIpc) is 3.51. The Morgan fingerprint density at radius 3 is 2.63 bits per heavy atom. The van der Waals surface area contributed by atoms with E-state index in [4.69, 9.17) is 4.42 Å². The van der Waals surface area contributed by atoms with E-state index in [2.05, 4.69) is 20.6 Å². The van der Waals surface area contributed by atoms with Crippen LogP contribution in [0.1, 0.15) is 40.7 Å². The van der Waals surface area contributed by atoms with E-state index in [9.17, 15) is 19.2 Å². The third kappa shape index (κ3) is 7.34. The Hall–Kier alpha value is -4.58. The van der Waals surface area contributed by atoms with Crippen molar-refractivity contribution in [2.45, 2.75) is 33.1 Å². The lowest BCUT2D eigenvalue weighted by Crippen LogP contribution is -2.42. The summed E-state index contributed by atoms with van der Waals surface area (Å²) in [5.74, 6) is -0.410. The van der Waals surface area contributed by atoms with Crippen molar-refractivity contribution in [3.63, 3.8) is 0 Å². The Labute approximate surface area is 241 Å². The number of carbonyl (C=O) groups excluding carboxylic acids is 3. The van der Waals surface area contributed by atoms with Crippen LogP contribution in [0, 0.1) is 6.92 Å². The minimum atomic E-state index is -0.655. The number of anilines is 2. The van der Waals surface area contributed by atoms with Crippen LogP contribution in [0.4, 0.5) is 16.5 Å². The molecular weight excluding hydrogens is 544 g/mol. The van der Waals surface area contributed by atoms with Crippen molar-refractivity contribution in [2.75, 3.05) is 36.9 Å². The van der Waals surface area contributed by atoms with Gasteiger partial charge in [0.05, 0.1) is 15.8 Å². The van der Waals surface area contributed by atoms with Crippen LogP contribution < -0.4 is 21.2 Å². The summed E-state index contributed by atoms with van der Waals surface area (Å²) in [6.45, 7) is 4.50. The number of hydrogen-bond donors (Lipinski definition) is 2. The van der Waals surface area contributed by atoms with Gasteiger partial charge in [-0.25, -0.2) is 14.5 Å². The fourth-order valence-corrected chi connectivity index (χ4v) is 4.84. The number of thiophene rings is 1. The van der Waals surface area contributed by atoms with Crippen molar-refractivity contribution in [3.8, 4) is 0 Å². The fourth-order valence-electron chi connectivity index (χ4n) is 4.20. The molecule has 0 saturated carbocycles. The number of likely N-dealkylation sites (N-methyl/N-ethyl adjacent to an activating group) is 1. The first-order valence-electron chi connectivity index (χ1n) is 13.3. The van der Waals surface area contributed by atoms with Crippen LogP contribution in [0.5, 0.6) is 0 Å². The van der Waals surface area contributed by atoms with Gasteiger partial charge in [0.25, 0.3) is 5.91 Å². The van der Waals surface area contributed by atoms with Crippen molar-refractivity contribution >= 4 is 51.8 Å². The summed E-state index contributed by atoms with van der Waals surface area (Å²) in [4.78, 5) is 62.9. The zero-order chi connectivity index (χ0) is 29.4. The normalized spacial score (nSPS) is 10.8. The molecule has 4 amide bonds. The van der Waals surface area contributed by atoms with Gasteiger partial charge in [-0.05, 0) is 61.5 Å². The molecule has 0 aliphatic rings. The number of aryl methyl sites for hydroxylation is 1. The molecule has 214 valence electrons. The zero-order valence-corrected chi connectivity index (χ0v) is 24.0. The van der Waals surface area contributed by atoms with Gasteiger partial charge in [-0.1, -0.05) is 12.1 Å². The number of carbonyl (C=O) groups is 3. The Morgan fingerprint density at radius 1 is 1.10 bits per heavy atom. The topological polar surface area (TPSA) is 138 Å². The number of nitrogens with zero attached hydrogens (tertiary/aromatic N) is 4. The van der Waals surface area contributed by atoms with Crippen LogP contribution in [-0.4, -0.2) is 59.4 Å². The Morgan fingerprint density at radius 2 is 1.93 bits per heavy atom. The molecule has 0 aliphatic carbocycles. The third-order valence-corrected chi connectivity index (χ3v) is 7.34. The molecule has 0 aliphatic heterocycles. The predicted octanol–water partition coefficient (Wildman–Crippen LogP) is 4.22. The first-order valence-corrected chi connectivity index (χ1v) is 14.1. The molecule has 3 heterocycles. The highest BCUT2D eigenvalue weighted by Gasteiger charge is 2.24. The summed E-state index contributed by atoms with van der Waals surface area (Å²) < 4.78 is 5.50. The standard InChI is InChI=1S/C29H32N6O5S/c1-4-35(29(39)34(3)17-14-20-9-5-6-15-30-20)28-33-22-13-12-21(19(2)25(22)27(38)40-28)32-24(36)11-7-16-31-26(37)23-10-8-18-41-23/h5-6,8-10,12-13,15,18H,4,7,11,14,16-17H2,1-3H3,(H,31,37)(H,32,36). The maximum atomic E-state index is 13.2. The average molecular weight is 577 g/mol. The lowest BCUT2D eigenvalue weighted by molar-refractivity contribution is -0.116. The van der Waals surface area contributed by atoms with E-state index in [1.165, 1.54) is 21.1 Å². The van der Waals surface area contributed by atoms with Crippen LogP contribution in [0.3, 0.4) is 0 Å². The summed E-state index contributed by atoms with van der Waals surface area (Å²) in [5, 5.41) is 7.66. The zero-order valence-electron chi connectivity index (χ0n) is 23.2. The molecule has 2 N–H and O–H groups in total. The molecule has 1 aromatic carbocycles. The molecule has 0 spiro atoms. The van der Waals surface area contributed by atoms with E-state index in [1.807, 2.05) is 23.6 Å². The van der Waals surface area contributed by atoms with E-state index >= 15 is 0 Å². The van der Waals surface area contributed by atoms with Gasteiger partial charge in [0.2, 0.25) is 5.91 Å². The molecule has 0 atom stereocenters. The molecule has 41 heavy (non-hydrogen) atoms. The number of nitrogens with one attached hydrogen (secondary N) is 2. The third-order valence-electron chi connectivity index (χ3n) is 6.47. The second-order valence-corrected chi connectivity index (χ2v) is 10.3. The van der Waals surface area contributed by atoms with Gasteiger partial charge in [0.15, 0.2) is 0 Å². The van der Waals surface area contributed by atoms with Gasteiger partial charge in [0.1, 0.15) is 0 Å². The molecule has 4 aromatic rings. The van der Waals surface area contributed by atoms with Gasteiger partial charge in [-0.3, -0.25) is 14.6 Å². The highest BCUT2D eigenvalue weighted by atomic mass is 32.1. The van der Waals surface area contributed by atoms with Gasteiger partial charge in [-0.15, -0.1) is 11.3 Å². The number of amides is 4. The molecule has 0 unspecified atom stereocenters. The number of fused-ring (bicyclic) bond motifs is 1. The van der Waals surface area contributed by atoms with Crippen LogP contribution in [0.2, 0.25) is 0 Å². The van der Waals surface area contributed by atoms with Crippen molar-refractivity contribution < 1.29 is 18.8 Å². The second-order valence-electron chi connectivity index (χ2n) is 9.32. The maximum Gasteiger partial charge on any atom is 0.348 e.